The molecule has 0 spiro atoms. The topological polar surface area (TPSA) is 64.1 Å². The van der Waals surface area contributed by atoms with E-state index >= 15 is 0 Å². The van der Waals surface area contributed by atoms with E-state index in [4.69, 9.17) is 19.2 Å². The van der Waals surface area contributed by atoms with Gasteiger partial charge in [0, 0.05) is 32.2 Å². The van der Waals surface area contributed by atoms with Gasteiger partial charge in [0.25, 0.3) is 5.91 Å². The van der Waals surface area contributed by atoms with E-state index in [0.29, 0.717) is 18.0 Å². The third-order valence-corrected chi connectivity index (χ3v) is 7.04. The van der Waals surface area contributed by atoms with Gasteiger partial charge in [-0.25, -0.2) is 4.98 Å². The lowest BCUT2D eigenvalue weighted by molar-refractivity contribution is -0.120. The number of fused-ring (bicyclic) bond motifs is 1. The Bertz CT molecular complexity index is 1060. The lowest BCUT2D eigenvalue weighted by atomic mass is 10.1. The average Bonchev–Trinajstić information content (AvgIpc) is 3.30. The van der Waals surface area contributed by atoms with Crippen LogP contribution in [0.4, 0.5) is 5.13 Å². The zero-order valence-corrected chi connectivity index (χ0v) is 20.3. The summed E-state index contributed by atoms with van der Waals surface area (Å²) in [6.07, 6.45) is 0.860. The van der Waals surface area contributed by atoms with Crippen LogP contribution in [-0.4, -0.2) is 68.9 Å². The molecule has 2 aromatic carbocycles. The number of aryl methyl sites for hydroxylation is 2. The Morgan fingerprint density at radius 3 is 2.67 bits per heavy atom. The minimum Gasteiger partial charge on any atom is -0.497 e. The Labute approximate surface area is 198 Å². The molecule has 1 amide bonds. The van der Waals surface area contributed by atoms with E-state index in [9.17, 15) is 4.79 Å². The van der Waals surface area contributed by atoms with Gasteiger partial charge in [-0.3, -0.25) is 14.6 Å². The zero-order valence-electron chi connectivity index (χ0n) is 19.5. The third kappa shape index (κ3) is 5.82. The van der Waals surface area contributed by atoms with E-state index in [1.807, 2.05) is 18.2 Å². The van der Waals surface area contributed by atoms with Gasteiger partial charge in [-0.05, 0) is 43.5 Å². The number of carbonyl (C=O) groups is 1. The highest BCUT2D eigenvalue weighted by molar-refractivity contribution is 7.22. The molecule has 0 aliphatic carbocycles. The summed E-state index contributed by atoms with van der Waals surface area (Å²) in [6, 6.07) is 11.5. The van der Waals surface area contributed by atoms with Crippen LogP contribution in [0.5, 0.6) is 11.5 Å². The quantitative estimate of drug-likeness (QED) is 0.471. The molecule has 1 aromatic heterocycles. The maximum atomic E-state index is 13.3. The number of carbonyl (C=O) groups excluding carboxylic acids is 1. The van der Waals surface area contributed by atoms with Gasteiger partial charge < -0.3 is 14.2 Å². The van der Waals surface area contributed by atoms with Gasteiger partial charge in [0.15, 0.2) is 11.7 Å². The number of rotatable bonds is 9. The summed E-state index contributed by atoms with van der Waals surface area (Å²) in [5.74, 6) is 1.19. The van der Waals surface area contributed by atoms with E-state index in [2.05, 4.69) is 30.9 Å². The molecule has 7 nitrogen and oxygen atoms in total. The Morgan fingerprint density at radius 1 is 1.15 bits per heavy atom. The van der Waals surface area contributed by atoms with Gasteiger partial charge in [-0.1, -0.05) is 29.5 Å². The molecule has 1 aliphatic heterocycles. The van der Waals surface area contributed by atoms with Crippen LogP contribution in [0, 0.1) is 13.8 Å². The number of nitrogens with zero attached hydrogens (tertiary/aromatic N) is 3. The van der Waals surface area contributed by atoms with Crippen molar-refractivity contribution in [2.75, 3.05) is 58.0 Å². The zero-order chi connectivity index (χ0) is 23.2. The highest BCUT2D eigenvalue weighted by atomic mass is 32.1. The number of benzene rings is 2. The van der Waals surface area contributed by atoms with E-state index in [0.717, 1.165) is 60.2 Å². The number of aromatic nitrogens is 1. The van der Waals surface area contributed by atoms with Crippen molar-refractivity contribution >= 4 is 32.6 Å². The first-order chi connectivity index (χ1) is 16.0. The average molecular weight is 470 g/mol. The highest BCUT2D eigenvalue weighted by Crippen LogP contribution is 2.33. The molecular weight excluding hydrogens is 438 g/mol. The molecule has 8 heteroatoms. The number of thiazole rings is 1. The number of hydrogen-bond donors (Lipinski definition) is 0. The molecule has 0 saturated carbocycles. The predicted octanol–water partition coefficient (Wildman–Crippen LogP) is 4.06. The van der Waals surface area contributed by atoms with Crippen LogP contribution in [0.3, 0.4) is 0 Å². The number of hydrogen-bond acceptors (Lipinski definition) is 7. The van der Waals surface area contributed by atoms with Crippen LogP contribution in [-0.2, 0) is 9.53 Å². The molecule has 1 fully saturated rings. The van der Waals surface area contributed by atoms with Crippen LogP contribution in [0.15, 0.2) is 36.4 Å². The summed E-state index contributed by atoms with van der Waals surface area (Å²) >= 11 is 1.57. The maximum absolute atomic E-state index is 13.3. The molecule has 0 bridgehead atoms. The van der Waals surface area contributed by atoms with Crippen molar-refractivity contribution in [3.63, 3.8) is 0 Å². The van der Waals surface area contributed by atoms with E-state index < -0.39 is 0 Å². The lowest BCUT2D eigenvalue weighted by Crippen LogP contribution is -2.40. The Balaban J connectivity index is 1.50. The predicted molar refractivity (Wildman–Crippen MR) is 132 cm³/mol. The molecule has 1 saturated heterocycles. The second-order valence-electron chi connectivity index (χ2n) is 8.19. The number of ether oxygens (including phenoxy) is 3. The fourth-order valence-corrected chi connectivity index (χ4v) is 5.04. The van der Waals surface area contributed by atoms with Crippen molar-refractivity contribution < 1.29 is 19.0 Å². The SMILES string of the molecule is COc1cccc(OCC(=O)N(CCCN2CCOCC2)c2nc3c(C)ccc(C)c3s2)c1. The Morgan fingerprint density at radius 2 is 1.91 bits per heavy atom. The van der Waals surface area contributed by atoms with Crippen molar-refractivity contribution in [2.45, 2.75) is 20.3 Å². The van der Waals surface area contributed by atoms with Gasteiger partial charge in [0.2, 0.25) is 0 Å². The van der Waals surface area contributed by atoms with Crippen molar-refractivity contribution in [2.24, 2.45) is 0 Å². The third-order valence-electron chi connectivity index (χ3n) is 5.83. The summed E-state index contributed by atoms with van der Waals surface area (Å²) in [4.78, 5) is 22.3. The number of amides is 1. The van der Waals surface area contributed by atoms with Gasteiger partial charge in [-0.2, -0.15) is 0 Å². The molecule has 0 atom stereocenters. The standard InChI is InChI=1S/C25H31N3O4S/c1-18-8-9-19(2)24-23(18)26-25(33-24)28(11-5-10-27-12-14-31-15-13-27)22(29)17-32-21-7-4-6-20(16-21)30-3/h4,6-9,16H,5,10-15,17H2,1-3H3. The molecule has 3 aromatic rings. The summed E-state index contributed by atoms with van der Waals surface area (Å²) in [5, 5.41) is 0.726. The molecule has 33 heavy (non-hydrogen) atoms. The Hall–Kier alpha value is -2.68. The summed E-state index contributed by atoms with van der Waals surface area (Å²) in [5.41, 5.74) is 3.26. The fraction of sp³-hybridized carbons (Fsp3) is 0.440. The van der Waals surface area contributed by atoms with E-state index in [-0.39, 0.29) is 12.5 Å². The molecule has 4 rings (SSSR count). The van der Waals surface area contributed by atoms with E-state index in [1.165, 1.54) is 5.56 Å². The minimum atomic E-state index is -0.103. The van der Waals surface area contributed by atoms with Gasteiger partial charge in [0.1, 0.15) is 11.5 Å². The fourth-order valence-electron chi connectivity index (χ4n) is 3.88. The summed E-state index contributed by atoms with van der Waals surface area (Å²) in [6.45, 7) is 9.02. The number of methoxy groups -OCH3 is 1. The molecule has 2 heterocycles. The van der Waals surface area contributed by atoms with Gasteiger partial charge in [-0.15, -0.1) is 0 Å². The van der Waals surface area contributed by atoms with Crippen molar-refractivity contribution in [3.8, 4) is 11.5 Å². The molecular formula is C25H31N3O4S. The maximum Gasteiger partial charge on any atom is 0.266 e. The van der Waals surface area contributed by atoms with Crippen molar-refractivity contribution in [1.82, 2.24) is 9.88 Å². The van der Waals surface area contributed by atoms with Crippen LogP contribution in [0.1, 0.15) is 17.5 Å². The second kappa shape index (κ2) is 11.0. The normalized spacial score (nSPS) is 14.4. The van der Waals surface area contributed by atoms with Crippen LogP contribution in [0.25, 0.3) is 10.2 Å². The highest BCUT2D eigenvalue weighted by Gasteiger charge is 2.22. The molecule has 0 radical (unpaired) electrons. The number of anilines is 1. The number of morpholine rings is 1. The first kappa shape index (κ1) is 23.5. The monoisotopic (exact) mass is 469 g/mol. The Kier molecular flexibility index (Phi) is 7.80. The summed E-state index contributed by atoms with van der Waals surface area (Å²) < 4.78 is 17.6. The van der Waals surface area contributed by atoms with E-state index in [1.54, 1.807) is 29.4 Å². The van der Waals surface area contributed by atoms with Gasteiger partial charge >= 0.3 is 0 Å². The summed E-state index contributed by atoms with van der Waals surface area (Å²) in [7, 11) is 1.61. The first-order valence-electron chi connectivity index (χ1n) is 11.3. The lowest BCUT2D eigenvalue weighted by Gasteiger charge is -2.27. The van der Waals surface area contributed by atoms with Crippen molar-refractivity contribution in [1.29, 1.82) is 0 Å². The van der Waals surface area contributed by atoms with Crippen LogP contribution >= 0.6 is 11.3 Å². The molecule has 0 N–H and O–H groups in total. The molecule has 176 valence electrons. The molecule has 0 unspecified atom stereocenters. The van der Waals surface area contributed by atoms with Crippen LogP contribution < -0.4 is 14.4 Å². The van der Waals surface area contributed by atoms with Gasteiger partial charge in [0.05, 0.1) is 30.5 Å². The second-order valence-corrected chi connectivity index (χ2v) is 9.17. The van der Waals surface area contributed by atoms with Crippen LogP contribution in [0.2, 0.25) is 0 Å². The molecule has 1 aliphatic rings. The smallest absolute Gasteiger partial charge is 0.266 e. The largest absolute Gasteiger partial charge is 0.497 e. The minimum absolute atomic E-state index is 0.0569. The first-order valence-corrected chi connectivity index (χ1v) is 12.1. The van der Waals surface area contributed by atoms with Crippen molar-refractivity contribution in [3.05, 3.63) is 47.5 Å².